The van der Waals surface area contributed by atoms with Crippen LogP contribution in [0.25, 0.3) is 6.08 Å². The Labute approximate surface area is 180 Å². The molecule has 8 heteroatoms. The van der Waals surface area contributed by atoms with Crippen LogP contribution in [-0.2, 0) is 20.9 Å². The molecule has 1 saturated heterocycles. The number of anilines is 1. The molecule has 1 aromatic carbocycles. The van der Waals surface area contributed by atoms with E-state index in [4.69, 9.17) is 28.6 Å². The topological polar surface area (TPSA) is 63.6 Å². The van der Waals surface area contributed by atoms with Crippen LogP contribution in [0.5, 0.6) is 0 Å². The lowest BCUT2D eigenvalue weighted by molar-refractivity contribution is -0.122. The fraction of sp³-hybridized carbons (Fsp3) is 0.286. The molecule has 1 fully saturated rings. The summed E-state index contributed by atoms with van der Waals surface area (Å²) in [6, 6.07) is 7.15. The molecule has 0 radical (unpaired) electrons. The summed E-state index contributed by atoms with van der Waals surface area (Å²) in [6.07, 6.45) is 1.61. The Morgan fingerprint density at radius 1 is 1.21 bits per heavy atom. The number of hydrogen-bond donors (Lipinski definition) is 1. The number of benzene rings is 1. The van der Waals surface area contributed by atoms with Crippen molar-refractivity contribution in [1.29, 1.82) is 0 Å². The van der Waals surface area contributed by atoms with Gasteiger partial charge >= 0.3 is 0 Å². The fourth-order valence-electron chi connectivity index (χ4n) is 3.27. The number of nitrogens with one attached hydrogen (secondary N) is 1. The van der Waals surface area contributed by atoms with Gasteiger partial charge in [0.2, 0.25) is 0 Å². The van der Waals surface area contributed by atoms with Crippen molar-refractivity contribution < 1.29 is 14.3 Å². The number of ether oxygens (including phenoxy) is 1. The van der Waals surface area contributed by atoms with Gasteiger partial charge in [-0.2, -0.15) is 0 Å². The quantitative estimate of drug-likeness (QED) is 0.447. The monoisotopic (exact) mass is 431 g/mol. The Bertz CT molecular complexity index is 1040. The maximum absolute atomic E-state index is 13.2. The van der Waals surface area contributed by atoms with Crippen LogP contribution in [-0.4, -0.2) is 35.2 Å². The second-order valence-corrected chi connectivity index (χ2v) is 7.66. The number of nitrogens with zero attached hydrogens (tertiary/aromatic N) is 2. The van der Waals surface area contributed by atoms with Crippen LogP contribution >= 0.6 is 23.8 Å². The summed E-state index contributed by atoms with van der Waals surface area (Å²) in [6.45, 7) is 7.05. The van der Waals surface area contributed by atoms with E-state index >= 15 is 0 Å². The van der Waals surface area contributed by atoms with E-state index in [1.807, 2.05) is 26.8 Å². The molecule has 1 aromatic heterocycles. The number of aryl methyl sites for hydroxylation is 2. The molecule has 2 aromatic rings. The maximum atomic E-state index is 13.2. The van der Waals surface area contributed by atoms with E-state index in [-0.39, 0.29) is 10.7 Å². The molecule has 0 aliphatic carbocycles. The number of amides is 2. The second kappa shape index (κ2) is 8.49. The fourth-order valence-corrected chi connectivity index (χ4v) is 3.72. The average molecular weight is 432 g/mol. The van der Waals surface area contributed by atoms with E-state index in [0.717, 1.165) is 22.5 Å². The normalized spacial score (nSPS) is 16.0. The Morgan fingerprint density at radius 2 is 1.93 bits per heavy atom. The highest BCUT2D eigenvalue weighted by molar-refractivity contribution is 7.80. The molecule has 2 heterocycles. The number of aromatic nitrogens is 1. The van der Waals surface area contributed by atoms with Gasteiger partial charge in [0.25, 0.3) is 11.8 Å². The highest BCUT2D eigenvalue weighted by atomic mass is 35.5. The maximum Gasteiger partial charge on any atom is 0.270 e. The third-order valence-electron chi connectivity index (χ3n) is 4.95. The number of thiocarbonyl (C=S) groups is 1. The summed E-state index contributed by atoms with van der Waals surface area (Å²) in [7, 11) is 1.65. The van der Waals surface area contributed by atoms with Crippen molar-refractivity contribution in [1.82, 2.24) is 9.88 Å². The third-order valence-corrected chi connectivity index (χ3v) is 5.64. The summed E-state index contributed by atoms with van der Waals surface area (Å²) >= 11 is 11.5. The summed E-state index contributed by atoms with van der Waals surface area (Å²) in [5.41, 5.74) is 4.17. The molecule has 0 bridgehead atoms. The van der Waals surface area contributed by atoms with Crippen molar-refractivity contribution in [3.05, 3.63) is 57.4 Å². The van der Waals surface area contributed by atoms with Crippen LogP contribution in [0.4, 0.5) is 5.69 Å². The lowest BCUT2D eigenvalue weighted by atomic mass is 10.1. The van der Waals surface area contributed by atoms with Gasteiger partial charge in [-0.05, 0) is 68.4 Å². The Hall–Kier alpha value is -2.48. The zero-order chi connectivity index (χ0) is 21.3. The van der Waals surface area contributed by atoms with Crippen molar-refractivity contribution in [3.63, 3.8) is 0 Å². The zero-order valence-electron chi connectivity index (χ0n) is 16.7. The predicted octanol–water partition coefficient (Wildman–Crippen LogP) is 3.54. The van der Waals surface area contributed by atoms with Crippen LogP contribution in [0.3, 0.4) is 0 Å². The smallest absolute Gasteiger partial charge is 0.270 e. The second-order valence-electron chi connectivity index (χ2n) is 6.86. The van der Waals surface area contributed by atoms with Crippen molar-refractivity contribution >= 4 is 52.5 Å². The van der Waals surface area contributed by atoms with E-state index in [9.17, 15) is 9.59 Å². The van der Waals surface area contributed by atoms with E-state index in [1.165, 1.54) is 4.90 Å². The highest BCUT2D eigenvalue weighted by Gasteiger charge is 2.34. The molecule has 3 rings (SSSR count). The number of rotatable bonds is 5. The zero-order valence-corrected chi connectivity index (χ0v) is 18.3. The van der Waals surface area contributed by atoms with Gasteiger partial charge in [-0.1, -0.05) is 17.7 Å². The predicted molar refractivity (Wildman–Crippen MR) is 118 cm³/mol. The minimum Gasteiger partial charge on any atom is -0.383 e. The molecule has 0 unspecified atom stereocenters. The average Bonchev–Trinajstić information content (AvgIpc) is 2.92. The summed E-state index contributed by atoms with van der Waals surface area (Å²) < 4.78 is 7.24. The molecule has 0 atom stereocenters. The summed E-state index contributed by atoms with van der Waals surface area (Å²) in [5.74, 6) is -1.00. The van der Waals surface area contributed by atoms with Crippen molar-refractivity contribution in [2.45, 2.75) is 27.3 Å². The number of carbonyl (C=O) groups is 2. The lowest BCUT2D eigenvalue weighted by Gasteiger charge is -2.29. The standard InChI is InChI=1S/C21H22ClN3O3S/c1-12-5-6-16(11-18(12)22)25-20(27)17(19(26)23-21(25)29)10-15-9-13(2)24(14(15)3)7-8-28-4/h5-6,9-11H,7-8H2,1-4H3,(H,23,26,29). The van der Waals surface area contributed by atoms with E-state index in [1.54, 1.807) is 31.4 Å². The minimum absolute atomic E-state index is 0.0160. The SMILES string of the molecule is COCCn1c(C)cc(C=C2C(=O)NC(=S)N(c3ccc(C)c(Cl)c3)C2=O)c1C. The van der Waals surface area contributed by atoms with Gasteiger partial charge in [0.15, 0.2) is 5.11 Å². The van der Waals surface area contributed by atoms with E-state index in [2.05, 4.69) is 9.88 Å². The molecule has 0 saturated carbocycles. The minimum atomic E-state index is -0.517. The molecule has 2 amide bonds. The molecule has 1 aliphatic heterocycles. The first-order valence-corrected chi connectivity index (χ1v) is 9.86. The van der Waals surface area contributed by atoms with Gasteiger partial charge in [-0.25, -0.2) is 0 Å². The molecular weight excluding hydrogens is 410 g/mol. The van der Waals surface area contributed by atoms with Crippen molar-refractivity contribution in [2.75, 3.05) is 18.6 Å². The van der Waals surface area contributed by atoms with Gasteiger partial charge in [-0.15, -0.1) is 0 Å². The van der Waals surface area contributed by atoms with E-state index in [0.29, 0.717) is 23.9 Å². The lowest BCUT2D eigenvalue weighted by Crippen LogP contribution is -2.54. The van der Waals surface area contributed by atoms with Gasteiger partial charge < -0.3 is 9.30 Å². The van der Waals surface area contributed by atoms with Gasteiger partial charge in [0, 0.05) is 30.1 Å². The molecule has 152 valence electrons. The van der Waals surface area contributed by atoms with E-state index < -0.39 is 11.8 Å². The number of halogens is 1. The Kier molecular flexibility index (Phi) is 6.21. The van der Waals surface area contributed by atoms with Gasteiger partial charge in [0.05, 0.1) is 12.3 Å². The van der Waals surface area contributed by atoms with Crippen LogP contribution < -0.4 is 10.2 Å². The summed E-state index contributed by atoms with van der Waals surface area (Å²) in [4.78, 5) is 27.0. The van der Waals surface area contributed by atoms with Crippen LogP contribution in [0, 0.1) is 20.8 Å². The van der Waals surface area contributed by atoms with Crippen molar-refractivity contribution in [2.24, 2.45) is 0 Å². The van der Waals surface area contributed by atoms with Gasteiger partial charge in [0.1, 0.15) is 5.57 Å². The van der Waals surface area contributed by atoms with Crippen LogP contribution in [0.15, 0.2) is 29.8 Å². The van der Waals surface area contributed by atoms with Crippen LogP contribution in [0.1, 0.15) is 22.5 Å². The number of carbonyl (C=O) groups excluding carboxylic acids is 2. The first-order chi connectivity index (χ1) is 13.7. The summed E-state index contributed by atoms with van der Waals surface area (Å²) in [5, 5.41) is 3.14. The first kappa shape index (κ1) is 21.2. The highest BCUT2D eigenvalue weighted by Crippen LogP contribution is 2.27. The molecular formula is C21H22ClN3O3S. The van der Waals surface area contributed by atoms with Crippen LogP contribution in [0.2, 0.25) is 5.02 Å². The molecule has 1 N–H and O–H groups in total. The Balaban J connectivity index is 2.01. The molecule has 6 nitrogen and oxygen atoms in total. The number of hydrogen-bond acceptors (Lipinski definition) is 4. The third kappa shape index (κ3) is 4.12. The Morgan fingerprint density at radius 3 is 2.59 bits per heavy atom. The molecule has 29 heavy (non-hydrogen) atoms. The van der Waals surface area contributed by atoms with Gasteiger partial charge in [-0.3, -0.25) is 19.8 Å². The molecule has 0 spiro atoms. The first-order valence-electron chi connectivity index (χ1n) is 9.08. The number of methoxy groups -OCH3 is 1. The largest absolute Gasteiger partial charge is 0.383 e. The van der Waals surface area contributed by atoms with Crippen molar-refractivity contribution in [3.8, 4) is 0 Å². The molecule has 1 aliphatic rings.